The SMILES string of the molecule is COc1cccc([C@@H]2Oc3ccc(OC)cc3C[C@H]2OC(=O)Nc2ccc(OC(F)F)cc2)c1. The highest BCUT2D eigenvalue weighted by molar-refractivity contribution is 5.84. The predicted octanol–water partition coefficient (Wildman–Crippen LogP) is 5.60. The second-order valence-electron chi connectivity index (χ2n) is 7.46. The molecular weight excluding hydrogens is 448 g/mol. The first kappa shape index (κ1) is 23.2. The summed E-state index contributed by atoms with van der Waals surface area (Å²) in [6.07, 6.45) is -1.56. The van der Waals surface area contributed by atoms with Crippen molar-refractivity contribution >= 4 is 11.8 Å². The van der Waals surface area contributed by atoms with E-state index in [0.717, 1.165) is 11.1 Å². The van der Waals surface area contributed by atoms with E-state index in [-0.39, 0.29) is 5.75 Å². The highest BCUT2D eigenvalue weighted by Crippen LogP contribution is 2.39. The molecule has 0 radical (unpaired) electrons. The first-order valence-electron chi connectivity index (χ1n) is 10.4. The molecule has 9 heteroatoms. The maximum absolute atomic E-state index is 12.7. The molecule has 0 unspecified atom stereocenters. The number of benzene rings is 3. The smallest absolute Gasteiger partial charge is 0.412 e. The number of ether oxygens (including phenoxy) is 5. The zero-order chi connectivity index (χ0) is 24.1. The van der Waals surface area contributed by atoms with Crippen molar-refractivity contribution in [3.8, 4) is 23.0 Å². The summed E-state index contributed by atoms with van der Waals surface area (Å²) in [5.41, 5.74) is 1.99. The van der Waals surface area contributed by atoms with Gasteiger partial charge < -0.3 is 23.7 Å². The minimum absolute atomic E-state index is 0.0155. The van der Waals surface area contributed by atoms with E-state index < -0.39 is 24.9 Å². The Morgan fingerprint density at radius 2 is 1.68 bits per heavy atom. The normalized spacial score (nSPS) is 16.7. The fourth-order valence-corrected chi connectivity index (χ4v) is 3.70. The van der Waals surface area contributed by atoms with Gasteiger partial charge in [-0.25, -0.2) is 4.79 Å². The third-order valence-corrected chi connectivity index (χ3v) is 5.29. The van der Waals surface area contributed by atoms with E-state index in [1.54, 1.807) is 20.3 Å². The lowest BCUT2D eigenvalue weighted by atomic mass is 9.94. The predicted molar refractivity (Wildman–Crippen MR) is 120 cm³/mol. The van der Waals surface area contributed by atoms with Crippen LogP contribution < -0.4 is 24.3 Å². The number of fused-ring (bicyclic) bond motifs is 1. The maximum atomic E-state index is 12.7. The summed E-state index contributed by atoms with van der Waals surface area (Å²) in [7, 11) is 3.14. The number of alkyl halides is 2. The summed E-state index contributed by atoms with van der Waals surface area (Å²) in [5, 5.41) is 2.60. The van der Waals surface area contributed by atoms with Crippen molar-refractivity contribution in [1.82, 2.24) is 0 Å². The quantitative estimate of drug-likeness (QED) is 0.484. The van der Waals surface area contributed by atoms with Gasteiger partial charge in [0.2, 0.25) is 0 Å². The van der Waals surface area contributed by atoms with Crippen molar-refractivity contribution in [1.29, 1.82) is 0 Å². The molecule has 0 bridgehead atoms. The van der Waals surface area contributed by atoms with Crippen molar-refractivity contribution < 1.29 is 37.3 Å². The van der Waals surface area contributed by atoms with Gasteiger partial charge in [0, 0.05) is 17.7 Å². The fraction of sp³-hybridized carbons (Fsp3) is 0.240. The molecule has 0 aliphatic carbocycles. The molecule has 4 rings (SSSR count). The number of nitrogens with one attached hydrogen (secondary N) is 1. The Kier molecular flexibility index (Phi) is 7.01. The number of carbonyl (C=O) groups excluding carboxylic acids is 1. The van der Waals surface area contributed by atoms with Crippen LogP contribution in [0.5, 0.6) is 23.0 Å². The molecule has 1 aliphatic heterocycles. The molecule has 178 valence electrons. The maximum Gasteiger partial charge on any atom is 0.412 e. The summed E-state index contributed by atoms with van der Waals surface area (Å²) < 4.78 is 51.6. The molecule has 3 aromatic rings. The number of amides is 1. The van der Waals surface area contributed by atoms with Gasteiger partial charge >= 0.3 is 12.7 Å². The third kappa shape index (κ3) is 5.48. The topological polar surface area (TPSA) is 75.2 Å². The average Bonchev–Trinajstić information content (AvgIpc) is 2.84. The molecule has 34 heavy (non-hydrogen) atoms. The van der Waals surface area contributed by atoms with Gasteiger partial charge in [0.15, 0.2) is 6.10 Å². The van der Waals surface area contributed by atoms with Gasteiger partial charge in [-0.2, -0.15) is 8.78 Å². The van der Waals surface area contributed by atoms with E-state index in [9.17, 15) is 13.6 Å². The molecule has 1 amide bonds. The van der Waals surface area contributed by atoms with Crippen molar-refractivity contribution in [2.75, 3.05) is 19.5 Å². The molecule has 1 N–H and O–H groups in total. The van der Waals surface area contributed by atoms with Gasteiger partial charge in [-0.3, -0.25) is 5.32 Å². The Morgan fingerprint density at radius 1 is 0.971 bits per heavy atom. The number of hydrogen-bond donors (Lipinski definition) is 1. The first-order valence-corrected chi connectivity index (χ1v) is 10.4. The fourth-order valence-electron chi connectivity index (χ4n) is 3.70. The molecule has 1 heterocycles. The zero-order valence-electron chi connectivity index (χ0n) is 18.5. The molecule has 3 aromatic carbocycles. The van der Waals surface area contributed by atoms with Gasteiger partial charge in [-0.15, -0.1) is 0 Å². The lowest BCUT2D eigenvalue weighted by molar-refractivity contribution is -0.0498. The van der Waals surface area contributed by atoms with E-state index in [2.05, 4.69) is 10.1 Å². The van der Waals surface area contributed by atoms with Crippen LogP contribution in [0.3, 0.4) is 0 Å². The van der Waals surface area contributed by atoms with E-state index in [1.165, 1.54) is 24.3 Å². The summed E-state index contributed by atoms with van der Waals surface area (Å²) >= 11 is 0. The monoisotopic (exact) mass is 471 g/mol. The van der Waals surface area contributed by atoms with Crippen LogP contribution in [0.15, 0.2) is 66.7 Å². The van der Waals surface area contributed by atoms with Crippen LogP contribution in [0.2, 0.25) is 0 Å². The van der Waals surface area contributed by atoms with Gasteiger partial charge in [-0.05, 0) is 60.2 Å². The van der Waals surface area contributed by atoms with E-state index in [0.29, 0.717) is 29.4 Å². The standard InChI is InChI=1S/C25H23F2NO6/c1-30-19-5-3-4-15(12-19)23-22(14-16-13-20(31-2)10-11-21(16)33-23)34-25(29)28-17-6-8-18(9-7-17)32-24(26)27/h3-13,22-24H,14H2,1-2H3,(H,28,29)/t22-,23+/m1/s1. The van der Waals surface area contributed by atoms with Crippen LogP contribution in [0.1, 0.15) is 17.2 Å². The molecule has 1 aliphatic rings. The largest absolute Gasteiger partial charge is 0.497 e. The molecular formula is C25H23F2NO6. The second kappa shape index (κ2) is 10.3. The Balaban J connectivity index is 1.54. The molecule has 2 atom stereocenters. The van der Waals surface area contributed by atoms with Gasteiger partial charge in [0.25, 0.3) is 0 Å². The molecule has 7 nitrogen and oxygen atoms in total. The number of anilines is 1. The lowest BCUT2D eigenvalue weighted by Gasteiger charge is -2.33. The van der Waals surface area contributed by atoms with Gasteiger partial charge in [0.1, 0.15) is 29.1 Å². The lowest BCUT2D eigenvalue weighted by Crippen LogP contribution is -2.36. The minimum Gasteiger partial charge on any atom is -0.497 e. The first-order chi connectivity index (χ1) is 16.4. The molecule has 0 spiro atoms. The summed E-state index contributed by atoms with van der Waals surface area (Å²) in [5.74, 6) is 1.97. The number of hydrogen-bond acceptors (Lipinski definition) is 6. The van der Waals surface area contributed by atoms with Gasteiger partial charge in [-0.1, -0.05) is 12.1 Å². The summed E-state index contributed by atoms with van der Waals surface area (Å²) in [6, 6.07) is 18.3. The van der Waals surface area contributed by atoms with Crippen LogP contribution in [0.25, 0.3) is 0 Å². The van der Waals surface area contributed by atoms with Gasteiger partial charge in [0.05, 0.1) is 14.2 Å². The van der Waals surface area contributed by atoms with Crippen LogP contribution in [-0.2, 0) is 11.2 Å². The number of carbonyl (C=O) groups is 1. The molecule has 0 fully saturated rings. The highest BCUT2D eigenvalue weighted by atomic mass is 19.3. The van der Waals surface area contributed by atoms with E-state index >= 15 is 0 Å². The Labute approximate surface area is 195 Å². The molecule has 0 saturated carbocycles. The Bertz CT molecular complexity index is 1140. The number of rotatable bonds is 7. The van der Waals surface area contributed by atoms with Crippen LogP contribution in [0.4, 0.5) is 19.3 Å². The van der Waals surface area contributed by atoms with E-state index in [1.807, 2.05) is 36.4 Å². The van der Waals surface area contributed by atoms with Crippen LogP contribution in [-0.4, -0.2) is 33.0 Å². The van der Waals surface area contributed by atoms with Crippen molar-refractivity contribution in [2.45, 2.75) is 25.2 Å². The van der Waals surface area contributed by atoms with Crippen LogP contribution >= 0.6 is 0 Å². The van der Waals surface area contributed by atoms with Crippen molar-refractivity contribution in [3.63, 3.8) is 0 Å². The number of methoxy groups -OCH3 is 2. The average molecular weight is 471 g/mol. The third-order valence-electron chi connectivity index (χ3n) is 5.29. The summed E-state index contributed by atoms with van der Waals surface area (Å²) in [4.78, 5) is 12.7. The van der Waals surface area contributed by atoms with Crippen LogP contribution in [0, 0.1) is 0 Å². The number of halogens is 2. The Hall–Kier alpha value is -4.01. The van der Waals surface area contributed by atoms with E-state index in [4.69, 9.17) is 18.9 Å². The highest BCUT2D eigenvalue weighted by Gasteiger charge is 2.35. The minimum atomic E-state index is -2.93. The zero-order valence-corrected chi connectivity index (χ0v) is 18.5. The molecule has 0 aromatic heterocycles. The second-order valence-corrected chi connectivity index (χ2v) is 7.46. The van der Waals surface area contributed by atoms with Crippen molar-refractivity contribution in [3.05, 3.63) is 77.9 Å². The Morgan fingerprint density at radius 3 is 2.38 bits per heavy atom. The summed E-state index contributed by atoms with van der Waals surface area (Å²) in [6.45, 7) is -2.93. The van der Waals surface area contributed by atoms with Crippen molar-refractivity contribution in [2.24, 2.45) is 0 Å². The molecule has 0 saturated heterocycles.